The molecule has 0 N–H and O–H groups in total. The van der Waals surface area contributed by atoms with Crippen LogP contribution in [0.5, 0.6) is 11.5 Å². The minimum absolute atomic E-state index is 0.437. The molecule has 0 aromatic heterocycles. The first-order chi connectivity index (χ1) is 10.0. The van der Waals surface area contributed by atoms with Crippen LogP contribution in [0.25, 0.3) is 0 Å². The van der Waals surface area contributed by atoms with Gasteiger partial charge in [-0.15, -0.1) is 11.6 Å². The first kappa shape index (κ1) is 16.2. The van der Waals surface area contributed by atoms with E-state index in [1.54, 1.807) is 7.11 Å². The summed E-state index contributed by atoms with van der Waals surface area (Å²) in [6.07, 6.45) is 0. The van der Waals surface area contributed by atoms with Crippen LogP contribution < -0.4 is 9.47 Å². The van der Waals surface area contributed by atoms with E-state index in [9.17, 15) is 0 Å². The highest BCUT2D eigenvalue weighted by Gasteiger charge is 2.12. The molecule has 0 saturated heterocycles. The second-order valence-corrected chi connectivity index (χ2v) is 6.08. The second kappa shape index (κ2) is 7.19. The molecule has 0 radical (unpaired) electrons. The van der Waals surface area contributed by atoms with Gasteiger partial charge < -0.3 is 9.47 Å². The third kappa shape index (κ3) is 3.92. The largest absolute Gasteiger partial charge is 0.493 e. The molecule has 0 spiro atoms. The number of aryl methyl sites for hydroxylation is 2. The van der Waals surface area contributed by atoms with E-state index in [4.69, 9.17) is 21.1 Å². The van der Waals surface area contributed by atoms with E-state index in [1.807, 2.05) is 12.1 Å². The predicted octanol–water partition coefficient (Wildman–Crippen LogP) is 5.39. The number of methoxy groups -OCH3 is 1. The number of ether oxygens (including phenoxy) is 2. The Hall–Kier alpha value is -1.19. The van der Waals surface area contributed by atoms with Crippen molar-refractivity contribution in [2.75, 3.05) is 7.11 Å². The lowest BCUT2D eigenvalue weighted by molar-refractivity contribution is 0.282. The molecule has 0 heterocycles. The number of rotatable bonds is 5. The average molecular weight is 370 g/mol. The molecule has 4 heteroatoms. The lowest BCUT2D eigenvalue weighted by atomic mass is 10.1. The van der Waals surface area contributed by atoms with Gasteiger partial charge in [0.2, 0.25) is 0 Å². The van der Waals surface area contributed by atoms with E-state index in [2.05, 4.69) is 48.0 Å². The van der Waals surface area contributed by atoms with Gasteiger partial charge in [0.15, 0.2) is 11.5 Å². The quantitative estimate of drug-likeness (QED) is 0.658. The normalized spacial score (nSPS) is 10.5. The van der Waals surface area contributed by atoms with Gasteiger partial charge in [0.1, 0.15) is 6.61 Å². The molecule has 2 nitrogen and oxygen atoms in total. The second-order valence-electron chi connectivity index (χ2n) is 4.96. The van der Waals surface area contributed by atoms with E-state index in [0.29, 0.717) is 24.0 Å². The van der Waals surface area contributed by atoms with E-state index in [0.717, 1.165) is 10.0 Å². The molecule has 0 saturated carbocycles. The number of hydrogen-bond donors (Lipinski definition) is 0. The molecule has 2 aromatic rings. The van der Waals surface area contributed by atoms with Gasteiger partial charge in [-0.05, 0) is 58.6 Å². The van der Waals surface area contributed by atoms with Crippen LogP contribution in [0.3, 0.4) is 0 Å². The van der Waals surface area contributed by atoms with Gasteiger partial charge in [0.25, 0.3) is 0 Å². The molecular weight excluding hydrogens is 352 g/mol. The van der Waals surface area contributed by atoms with Crippen molar-refractivity contribution in [3.8, 4) is 11.5 Å². The molecule has 0 bridgehead atoms. The molecule has 0 aliphatic rings. The Morgan fingerprint density at radius 1 is 1.14 bits per heavy atom. The van der Waals surface area contributed by atoms with Crippen LogP contribution in [0.2, 0.25) is 0 Å². The van der Waals surface area contributed by atoms with Gasteiger partial charge in [0.05, 0.1) is 11.6 Å². The lowest BCUT2D eigenvalue weighted by Crippen LogP contribution is -2.01. The maximum atomic E-state index is 5.97. The van der Waals surface area contributed by atoms with Crippen LogP contribution in [0.15, 0.2) is 34.8 Å². The fourth-order valence-electron chi connectivity index (χ4n) is 2.10. The number of alkyl halides is 1. The molecule has 0 fully saturated rings. The van der Waals surface area contributed by atoms with E-state index in [1.165, 1.54) is 16.7 Å². The topological polar surface area (TPSA) is 18.5 Å². The minimum Gasteiger partial charge on any atom is -0.493 e. The van der Waals surface area contributed by atoms with Gasteiger partial charge >= 0.3 is 0 Å². The maximum Gasteiger partial charge on any atom is 0.175 e. The zero-order valence-corrected chi connectivity index (χ0v) is 14.7. The van der Waals surface area contributed by atoms with Crippen molar-refractivity contribution in [2.24, 2.45) is 0 Å². The molecule has 0 unspecified atom stereocenters. The van der Waals surface area contributed by atoms with Crippen LogP contribution in [0.4, 0.5) is 0 Å². The first-order valence-corrected chi connectivity index (χ1v) is 7.99. The zero-order chi connectivity index (χ0) is 15.4. The first-order valence-electron chi connectivity index (χ1n) is 6.66. The summed E-state index contributed by atoms with van der Waals surface area (Å²) in [6, 6.07) is 10.2. The molecule has 0 aliphatic carbocycles. The zero-order valence-electron chi connectivity index (χ0n) is 12.4. The lowest BCUT2D eigenvalue weighted by Gasteiger charge is -2.15. The fourth-order valence-corrected chi connectivity index (χ4v) is 2.85. The summed E-state index contributed by atoms with van der Waals surface area (Å²) in [6.45, 7) is 4.67. The Bertz CT molecular complexity index is 641. The van der Waals surface area contributed by atoms with Crippen LogP contribution in [0.1, 0.15) is 22.3 Å². The van der Waals surface area contributed by atoms with Crippen molar-refractivity contribution in [3.63, 3.8) is 0 Å². The van der Waals surface area contributed by atoms with Gasteiger partial charge in [0, 0.05) is 5.88 Å². The Morgan fingerprint density at radius 2 is 1.90 bits per heavy atom. The van der Waals surface area contributed by atoms with Gasteiger partial charge in [-0.1, -0.05) is 23.8 Å². The highest BCUT2D eigenvalue weighted by molar-refractivity contribution is 9.10. The summed E-state index contributed by atoms with van der Waals surface area (Å²) < 4.78 is 12.2. The number of halogens is 2. The van der Waals surface area contributed by atoms with E-state index >= 15 is 0 Å². The van der Waals surface area contributed by atoms with Gasteiger partial charge in [-0.3, -0.25) is 0 Å². The number of hydrogen-bond acceptors (Lipinski definition) is 2. The summed E-state index contributed by atoms with van der Waals surface area (Å²) in [5, 5.41) is 0. The third-order valence-corrected chi connectivity index (χ3v) is 4.22. The van der Waals surface area contributed by atoms with E-state index in [-0.39, 0.29) is 0 Å². The number of benzene rings is 2. The Labute approximate surface area is 139 Å². The van der Waals surface area contributed by atoms with Crippen molar-refractivity contribution in [2.45, 2.75) is 26.3 Å². The molecule has 2 aromatic carbocycles. The van der Waals surface area contributed by atoms with Crippen LogP contribution in [-0.2, 0) is 12.5 Å². The molecule has 0 aliphatic heterocycles. The minimum atomic E-state index is 0.437. The average Bonchev–Trinajstić information content (AvgIpc) is 2.48. The van der Waals surface area contributed by atoms with E-state index < -0.39 is 0 Å². The van der Waals surface area contributed by atoms with Crippen LogP contribution >= 0.6 is 27.5 Å². The van der Waals surface area contributed by atoms with Crippen molar-refractivity contribution in [1.82, 2.24) is 0 Å². The predicted molar refractivity (Wildman–Crippen MR) is 90.5 cm³/mol. The highest BCUT2D eigenvalue weighted by Crippen LogP contribution is 2.37. The molecule has 0 atom stereocenters. The molecule has 21 heavy (non-hydrogen) atoms. The summed E-state index contributed by atoms with van der Waals surface area (Å²) in [5.74, 6) is 1.82. The monoisotopic (exact) mass is 368 g/mol. The van der Waals surface area contributed by atoms with Gasteiger partial charge in [-0.25, -0.2) is 0 Å². The van der Waals surface area contributed by atoms with Crippen molar-refractivity contribution in [1.29, 1.82) is 0 Å². The van der Waals surface area contributed by atoms with Crippen LogP contribution in [0, 0.1) is 13.8 Å². The molecule has 112 valence electrons. The molecular formula is C17H18BrClO2. The van der Waals surface area contributed by atoms with Gasteiger partial charge in [-0.2, -0.15) is 0 Å². The van der Waals surface area contributed by atoms with Crippen molar-refractivity contribution < 1.29 is 9.47 Å². The molecule has 2 rings (SSSR count). The van der Waals surface area contributed by atoms with Crippen molar-refractivity contribution in [3.05, 3.63) is 57.1 Å². The smallest absolute Gasteiger partial charge is 0.175 e. The van der Waals surface area contributed by atoms with Crippen molar-refractivity contribution >= 4 is 27.5 Å². The standard InChI is InChI=1S/C17H18BrClO2/c1-11-4-5-12(2)14(6-11)10-21-17-15(18)7-13(9-19)8-16(17)20-3/h4-8H,9-10H2,1-3H3. The Balaban J connectivity index is 2.25. The summed E-state index contributed by atoms with van der Waals surface area (Å²) >= 11 is 9.40. The molecule has 0 amide bonds. The highest BCUT2D eigenvalue weighted by atomic mass is 79.9. The summed E-state index contributed by atoms with van der Waals surface area (Å²) in [5.41, 5.74) is 4.60. The summed E-state index contributed by atoms with van der Waals surface area (Å²) in [7, 11) is 1.63. The third-order valence-electron chi connectivity index (χ3n) is 3.32. The Morgan fingerprint density at radius 3 is 2.57 bits per heavy atom. The Kier molecular flexibility index (Phi) is 5.54. The van der Waals surface area contributed by atoms with Crippen LogP contribution in [-0.4, -0.2) is 7.11 Å². The summed E-state index contributed by atoms with van der Waals surface area (Å²) in [4.78, 5) is 0. The fraction of sp³-hybridized carbons (Fsp3) is 0.294. The maximum absolute atomic E-state index is 5.97. The SMILES string of the molecule is COc1cc(CCl)cc(Br)c1OCc1cc(C)ccc1C.